The van der Waals surface area contributed by atoms with E-state index in [2.05, 4.69) is 0 Å². The normalized spacial score (nSPS) is 11.4. The third kappa shape index (κ3) is 2.79. The summed E-state index contributed by atoms with van der Waals surface area (Å²) < 4.78 is 38.3. The monoisotopic (exact) mass is 284 g/mol. The SMILES string of the molecule is O=Cc1ccccc1-c1ccc(Cl)c(C(F)(F)F)c1. The molecule has 0 aromatic heterocycles. The van der Waals surface area contributed by atoms with Crippen LogP contribution in [0.25, 0.3) is 11.1 Å². The largest absolute Gasteiger partial charge is 0.417 e. The van der Waals surface area contributed by atoms with Crippen LogP contribution < -0.4 is 0 Å². The summed E-state index contributed by atoms with van der Waals surface area (Å²) in [6, 6.07) is 10.0. The van der Waals surface area contributed by atoms with Crippen molar-refractivity contribution in [3.63, 3.8) is 0 Å². The Kier molecular flexibility index (Phi) is 3.62. The van der Waals surface area contributed by atoms with Gasteiger partial charge in [0.15, 0.2) is 6.29 Å². The summed E-state index contributed by atoms with van der Waals surface area (Å²) in [7, 11) is 0. The van der Waals surface area contributed by atoms with Crippen LogP contribution >= 0.6 is 11.6 Å². The maximum atomic E-state index is 12.8. The van der Waals surface area contributed by atoms with Crippen molar-refractivity contribution in [2.45, 2.75) is 6.18 Å². The van der Waals surface area contributed by atoms with Crippen LogP contribution in [0.2, 0.25) is 5.02 Å². The van der Waals surface area contributed by atoms with E-state index in [0.717, 1.165) is 6.07 Å². The summed E-state index contributed by atoms with van der Waals surface area (Å²) in [5.74, 6) is 0. The molecule has 19 heavy (non-hydrogen) atoms. The highest BCUT2D eigenvalue weighted by molar-refractivity contribution is 6.31. The van der Waals surface area contributed by atoms with Crippen molar-refractivity contribution in [2.75, 3.05) is 0 Å². The molecular formula is C14H8ClF3O. The zero-order valence-electron chi connectivity index (χ0n) is 9.54. The predicted octanol–water partition coefficient (Wildman–Crippen LogP) is 4.84. The van der Waals surface area contributed by atoms with Gasteiger partial charge in [-0.05, 0) is 23.3 Å². The lowest BCUT2D eigenvalue weighted by atomic mass is 9.98. The van der Waals surface area contributed by atoms with Crippen molar-refractivity contribution in [3.05, 3.63) is 58.6 Å². The van der Waals surface area contributed by atoms with Gasteiger partial charge in [0.05, 0.1) is 10.6 Å². The van der Waals surface area contributed by atoms with Crippen LogP contribution in [-0.4, -0.2) is 6.29 Å². The number of hydrogen-bond donors (Lipinski definition) is 0. The van der Waals surface area contributed by atoms with E-state index in [-0.39, 0.29) is 5.02 Å². The second-order valence-electron chi connectivity index (χ2n) is 3.90. The van der Waals surface area contributed by atoms with Gasteiger partial charge in [0.1, 0.15) is 0 Å². The van der Waals surface area contributed by atoms with Gasteiger partial charge < -0.3 is 0 Å². The molecule has 0 saturated carbocycles. The molecule has 0 saturated heterocycles. The molecule has 1 nitrogen and oxygen atoms in total. The molecule has 5 heteroatoms. The van der Waals surface area contributed by atoms with E-state index in [1.54, 1.807) is 24.3 Å². The number of carbonyl (C=O) groups excluding carboxylic acids is 1. The number of alkyl halides is 3. The molecule has 0 fully saturated rings. The Labute approximate surface area is 112 Å². The van der Waals surface area contributed by atoms with Crippen LogP contribution in [-0.2, 0) is 6.18 Å². The standard InChI is InChI=1S/C14H8ClF3O/c15-13-6-5-9(7-12(13)14(16,17)18)11-4-2-1-3-10(11)8-19/h1-8H. The fraction of sp³-hybridized carbons (Fsp3) is 0.0714. The first kappa shape index (κ1) is 13.6. The lowest BCUT2D eigenvalue weighted by Gasteiger charge is -2.12. The van der Waals surface area contributed by atoms with Crippen molar-refractivity contribution in [1.29, 1.82) is 0 Å². The van der Waals surface area contributed by atoms with Crippen molar-refractivity contribution < 1.29 is 18.0 Å². The number of halogens is 4. The first-order valence-electron chi connectivity index (χ1n) is 5.35. The molecule has 2 aromatic rings. The average molecular weight is 285 g/mol. The summed E-state index contributed by atoms with van der Waals surface area (Å²) >= 11 is 5.55. The first-order valence-corrected chi connectivity index (χ1v) is 5.72. The molecule has 0 N–H and O–H groups in total. The molecule has 0 unspecified atom stereocenters. The van der Waals surface area contributed by atoms with Gasteiger partial charge in [-0.3, -0.25) is 4.79 Å². The average Bonchev–Trinajstić information content (AvgIpc) is 2.38. The van der Waals surface area contributed by atoms with E-state index in [9.17, 15) is 18.0 Å². The highest BCUT2D eigenvalue weighted by atomic mass is 35.5. The minimum atomic E-state index is -4.52. The highest BCUT2D eigenvalue weighted by Crippen LogP contribution is 2.37. The van der Waals surface area contributed by atoms with Crippen LogP contribution in [0.1, 0.15) is 15.9 Å². The van der Waals surface area contributed by atoms with Crippen LogP contribution in [0.3, 0.4) is 0 Å². The van der Waals surface area contributed by atoms with Crippen LogP contribution in [0.4, 0.5) is 13.2 Å². The van der Waals surface area contributed by atoms with Gasteiger partial charge in [0.2, 0.25) is 0 Å². The summed E-state index contributed by atoms with van der Waals surface area (Å²) in [5, 5.41) is -0.361. The zero-order valence-corrected chi connectivity index (χ0v) is 10.3. The Hall–Kier alpha value is -1.81. The molecule has 2 aromatic carbocycles. The van der Waals surface area contributed by atoms with E-state index in [1.165, 1.54) is 12.1 Å². The Morgan fingerprint density at radius 2 is 1.74 bits per heavy atom. The van der Waals surface area contributed by atoms with Crippen molar-refractivity contribution in [2.24, 2.45) is 0 Å². The number of carbonyl (C=O) groups is 1. The number of aldehydes is 1. The molecule has 0 radical (unpaired) electrons. The molecular weight excluding hydrogens is 277 g/mol. The number of hydrogen-bond acceptors (Lipinski definition) is 1. The van der Waals surface area contributed by atoms with Gasteiger partial charge in [0.25, 0.3) is 0 Å². The lowest BCUT2D eigenvalue weighted by Crippen LogP contribution is -2.06. The fourth-order valence-corrected chi connectivity index (χ4v) is 2.00. The smallest absolute Gasteiger partial charge is 0.298 e. The minimum Gasteiger partial charge on any atom is -0.298 e. The van der Waals surface area contributed by atoms with Gasteiger partial charge >= 0.3 is 6.18 Å². The second-order valence-corrected chi connectivity index (χ2v) is 4.30. The number of rotatable bonds is 2. The van der Waals surface area contributed by atoms with Crippen LogP contribution in [0, 0.1) is 0 Å². The lowest BCUT2D eigenvalue weighted by molar-refractivity contribution is -0.137. The van der Waals surface area contributed by atoms with Gasteiger partial charge in [-0.15, -0.1) is 0 Å². The van der Waals surface area contributed by atoms with Gasteiger partial charge in [-0.1, -0.05) is 41.9 Å². The quantitative estimate of drug-likeness (QED) is 0.721. The van der Waals surface area contributed by atoms with E-state index in [4.69, 9.17) is 11.6 Å². The first-order chi connectivity index (χ1) is 8.93. The molecule has 0 bridgehead atoms. The zero-order chi connectivity index (χ0) is 14.0. The Bertz CT molecular complexity index is 620. The van der Waals surface area contributed by atoms with Crippen LogP contribution in [0.5, 0.6) is 0 Å². The minimum absolute atomic E-state index is 0.305. The van der Waals surface area contributed by atoms with Crippen LogP contribution in [0.15, 0.2) is 42.5 Å². The third-order valence-corrected chi connectivity index (χ3v) is 3.00. The van der Waals surface area contributed by atoms with Crippen molar-refractivity contribution in [3.8, 4) is 11.1 Å². The van der Waals surface area contributed by atoms with Gasteiger partial charge in [-0.2, -0.15) is 13.2 Å². The predicted molar refractivity (Wildman–Crippen MR) is 67.3 cm³/mol. The Morgan fingerprint density at radius 1 is 1.05 bits per heavy atom. The molecule has 2 rings (SSSR count). The molecule has 0 heterocycles. The fourth-order valence-electron chi connectivity index (χ4n) is 1.77. The van der Waals surface area contributed by atoms with E-state index in [1.807, 2.05) is 0 Å². The third-order valence-electron chi connectivity index (χ3n) is 2.67. The summed E-state index contributed by atoms with van der Waals surface area (Å²) in [6.45, 7) is 0. The summed E-state index contributed by atoms with van der Waals surface area (Å²) in [5.41, 5.74) is 0.171. The Balaban J connectivity index is 2.61. The number of benzene rings is 2. The van der Waals surface area contributed by atoms with Gasteiger partial charge in [0, 0.05) is 5.56 Å². The van der Waals surface area contributed by atoms with E-state index < -0.39 is 11.7 Å². The molecule has 98 valence electrons. The topological polar surface area (TPSA) is 17.1 Å². The molecule has 0 spiro atoms. The van der Waals surface area contributed by atoms with E-state index >= 15 is 0 Å². The molecule has 0 aliphatic heterocycles. The van der Waals surface area contributed by atoms with Crippen molar-refractivity contribution in [1.82, 2.24) is 0 Å². The molecule has 0 aliphatic carbocycles. The maximum absolute atomic E-state index is 12.8. The summed E-state index contributed by atoms with van der Waals surface area (Å²) in [4.78, 5) is 10.9. The molecule has 0 aliphatic rings. The highest BCUT2D eigenvalue weighted by Gasteiger charge is 2.33. The molecule has 0 amide bonds. The van der Waals surface area contributed by atoms with E-state index in [0.29, 0.717) is 23.0 Å². The maximum Gasteiger partial charge on any atom is 0.417 e. The molecule has 0 atom stereocenters. The second kappa shape index (κ2) is 5.05. The summed E-state index contributed by atoms with van der Waals surface area (Å²) in [6.07, 6.45) is -3.92. The van der Waals surface area contributed by atoms with Gasteiger partial charge in [-0.25, -0.2) is 0 Å². The Morgan fingerprint density at radius 3 is 2.37 bits per heavy atom. The van der Waals surface area contributed by atoms with Crippen molar-refractivity contribution >= 4 is 17.9 Å².